The van der Waals surface area contributed by atoms with E-state index in [2.05, 4.69) is 10.3 Å². The van der Waals surface area contributed by atoms with E-state index in [1.165, 1.54) is 6.08 Å². The molecule has 0 saturated heterocycles. The number of nitrogens with one attached hydrogen (secondary N) is 1. The van der Waals surface area contributed by atoms with Crippen molar-refractivity contribution in [3.05, 3.63) is 48.0 Å². The number of rotatable bonds is 2. The molecule has 3 rings (SSSR count). The molecule has 1 aliphatic heterocycles. The zero-order chi connectivity index (χ0) is 13.4. The van der Waals surface area contributed by atoms with Gasteiger partial charge in [0.05, 0.1) is 5.69 Å². The van der Waals surface area contributed by atoms with E-state index in [0.717, 1.165) is 22.1 Å². The smallest absolute Gasteiger partial charge is 0.331 e. The van der Waals surface area contributed by atoms with Gasteiger partial charge in [-0.3, -0.25) is 0 Å². The van der Waals surface area contributed by atoms with Gasteiger partial charge in [-0.2, -0.15) is 0 Å². The van der Waals surface area contributed by atoms with Crippen LogP contribution in [0, 0.1) is 0 Å². The summed E-state index contributed by atoms with van der Waals surface area (Å²) in [5.74, 6) is -0.396. The predicted molar refractivity (Wildman–Crippen MR) is 76.1 cm³/mol. The molecule has 0 aliphatic carbocycles. The molecule has 1 heterocycles. The van der Waals surface area contributed by atoms with Gasteiger partial charge in [0.2, 0.25) is 0 Å². The maximum absolute atomic E-state index is 10.9. The summed E-state index contributed by atoms with van der Waals surface area (Å²) in [5, 5.41) is 14.2. The Labute approximate surface area is 110 Å². The van der Waals surface area contributed by atoms with Gasteiger partial charge in [0.15, 0.2) is 0 Å². The van der Waals surface area contributed by atoms with Gasteiger partial charge in [0.1, 0.15) is 5.84 Å². The number of benzene rings is 2. The average Bonchev–Trinajstić information content (AvgIpc) is 2.39. The molecule has 2 N–H and O–H groups in total. The molecular formula is C15H12N2O2. The van der Waals surface area contributed by atoms with Crippen molar-refractivity contribution in [2.24, 2.45) is 4.99 Å². The Hall–Kier alpha value is -2.62. The molecule has 0 bridgehead atoms. The molecule has 0 aromatic heterocycles. The largest absolute Gasteiger partial charge is 0.478 e. The maximum Gasteiger partial charge on any atom is 0.331 e. The Morgan fingerprint density at radius 2 is 2.00 bits per heavy atom. The van der Waals surface area contributed by atoms with Crippen LogP contribution in [0.5, 0.6) is 0 Å². The fourth-order valence-electron chi connectivity index (χ4n) is 2.15. The minimum Gasteiger partial charge on any atom is -0.478 e. The fourth-order valence-corrected chi connectivity index (χ4v) is 2.15. The molecule has 0 saturated carbocycles. The van der Waals surface area contributed by atoms with E-state index in [1.54, 1.807) is 6.92 Å². The second-order valence-electron chi connectivity index (χ2n) is 4.44. The number of anilines is 1. The molecular weight excluding hydrogens is 240 g/mol. The van der Waals surface area contributed by atoms with Crippen LogP contribution < -0.4 is 5.32 Å². The zero-order valence-electron chi connectivity index (χ0n) is 10.3. The second kappa shape index (κ2) is 4.24. The molecule has 0 fully saturated rings. The van der Waals surface area contributed by atoms with Crippen molar-refractivity contribution in [1.29, 1.82) is 0 Å². The first-order valence-corrected chi connectivity index (χ1v) is 5.94. The summed E-state index contributed by atoms with van der Waals surface area (Å²) in [4.78, 5) is 15.3. The third-order valence-corrected chi connectivity index (χ3v) is 3.08. The third kappa shape index (κ3) is 1.97. The van der Waals surface area contributed by atoms with Gasteiger partial charge in [-0.1, -0.05) is 24.3 Å². The van der Waals surface area contributed by atoms with E-state index >= 15 is 0 Å². The van der Waals surface area contributed by atoms with Crippen molar-refractivity contribution in [2.45, 2.75) is 6.92 Å². The molecule has 4 heteroatoms. The highest BCUT2D eigenvalue weighted by atomic mass is 16.4. The van der Waals surface area contributed by atoms with Crippen molar-refractivity contribution in [1.82, 2.24) is 0 Å². The van der Waals surface area contributed by atoms with Crippen LogP contribution in [-0.2, 0) is 4.79 Å². The van der Waals surface area contributed by atoms with E-state index in [-0.39, 0.29) is 5.57 Å². The van der Waals surface area contributed by atoms with Crippen molar-refractivity contribution >= 4 is 34.0 Å². The maximum atomic E-state index is 10.9. The molecule has 0 unspecified atom stereocenters. The lowest BCUT2D eigenvalue weighted by Crippen LogP contribution is -2.14. The molecule has 19 heavy (non-hydrogen) atoms. The van der Waals surface area contributed by atoms with E-state index in [1.807, 2.05) is 36.4 Å². The summed E-state index contributed by atoms with van der Waals surface area (Å²) in [6.07, 6.45) is 1.54. The normalized spacial score (nSPS) is 13.9. The number of aliphatic carboxylic acids is 1. The number of aliphatic imine (C=N–C) groups is 1. The third-order valence-electron chi connectivity index (χ3n) is 3.08. The van der Waals surface area contributed by atoms with Gasteiger partial charge in [-0.15, -0.1) is 0 Å². The lowest BCUT2D eigenvalue weighted by atomic mass is 10.1. The number of hydrogen-bond donors (Lipinski definition) is 2. The summed E-state index contributed by atoms with van der Waals surface area (Å²) in [6.45, 7) is 1.55. The molecule has 0 atom stereocenters. The molecule has 1 aliphatic rings. The van der Waals surface area contributed by atoms with E-state index in [9.17, 15) is 4.79 Å². The van der Waals surface area contributed by atoms with Crippen LogP contribution in [-0.4, -0.2) is 16.9 Å². The lowest BCUT2D eigenvalue weighted by Gasteiger charge is -2.17. The topological polar surface area (TPSA) is 61.7 Å². The molecule has 0 radical (unpaired) electrons. The van der Waals surface area contributed by atoms with Gasteiger partial charge in [0.25, 0.3) is 0 Å². The van der Waals surface area contributed by atoms with Crippen LogP contribution in [0.2, 0.25) is 0 Å². The van der Waals surface area contributed by atoms with Gasteiger partial charge in [0, 0.05) is 16.6 Å². The van der Waals surface area contributed by atoms with E-state index in [0.29, 0.717) is 5.84 Å². The number of nitrogens with zero attached hydrogens (tertiary/aromatic N) is 1. The Morgan fingerprint density at radius 1 is 1.26 bits per heavy atom. The highest BCUT2D eigenvalue weighted by molar-refractivity contribution is 6.18. The van der Waals surface area contributed by atoms with Crippen LogP contribution in [0.3, 0.4) is 0 Å². The standard InChI is InChI=1S/C15H12N2O2/c1-9(15(18)19)8-13-16-11-6-2-4-10-5-3-7-12(17-13)14(10)11/h2-8H,1H3,(H,16,17)(H,18,19)/b9-8+. The Bertz CT molecular complexity index is 740. The number of carbonyl (C=O) groups is 1. The average molecular weight is 252 g/mol. The molecule has 0 spiro atoms. The summed E-state index contributed by atoms with van der Waals surface area (Å²) in [7, 11) is 0. The summed E-state index contributed by atoms with van der Waals surface area (Å²) < 4.78 is 0. The van der Waals surface area contributed by atoms with Gasteiger partial charge >= 0.3 is 5.97 Å². The lowest BCUT2D eigenvalue weighted by molar-refractivity contribution is -0.132. The number of carboxylic acid groups (broad SMARTS) is 1. The first kappa shape index (κ1) is 11.5. The van der Waals surface area contributed by atoms with E-state index < -0.39 is 5.97 Å². The SMILES string of the molecule is C/C(=C\C1=Nc2cccc3cccc(c23)N1)C(=O)O. The summed E-state index contributed by atoms with van der Waals surface area (Å²) >= 11 is 0. The minimum atomic E-state index is -0.943. The monoisotopic (exact) mass is 252 g/mol. The Morgan fingerprint density at radius 3 is 2.74 bits per heavy atom. The first-order valence-electron chi connectivity index (χ1n) is 5.94. The first-order chi connectivity index (χ1) is 9.15. The quantitative estimate of drug-likeness (QED) is 0.806. The zero-order valence-corrected chi connectivity index (χ0v) is 10.3. The van der Waals surface area contributed by atoms with E-state index in [4.69, 9.17) is 5.11 Å². The van der Waals surface area contributed by atoms with Crippen LogP contribution in [0.1, 0.15) is 6.92 Å². The fraction of sp³-hybridized carbons (Fsp3) is 0.0667. The number of amidine groups is 1. The van der Waals surface area contributed by atoms with Gasteiger partial charge < -0.3 is 10.4 Å². The van der Waals surface area contributed by atoms with Crippen molar-refractivity contribution in [3.63, 3.8) is 0 Å². The van der Waals surface area contributed by atoms with Crippen molar-refractivity contribution in [3.8, 4) is 0 Å². The molecule has 4 nitrogen and oxygen atoms in total. The van der Waals surface area contributed by atoms with Crippen molar-refractivity contribution < 1.29 is 9.90 Å². The number of carboxylic acids is 1. The molecule has 2 aromatic rings. The Balaban J connectivity index is 2.15. The van der Waals surface area contributed by atoms with Crippen LogP contribution >= 0.6 is 0 Å². The highest BCUT2D eigenvalue weighted by Gasteiger charge is 2.13. The predicted octanol–water partition coefficient (Wildman–Crippen LogP) is 3.33. The van der Waals surface area contributed by atoms with Crippen molar-refractivity contribution in [2.75, 3.05) is 5.32 Å². The Kier molecular flexibility index (Phi) is 2.56. The molecule has 0 amide bonds. The van der Waals surface area contributed by atoms with Crippen LogP contribution in [0.15, 0.2) is 53.0 Å². The second-order valence-corrected chi connectivity index (χ2v) is 4.44. The molecule has 2 aromatic carbocycles. The van der Waals surface area contributed by atoms with Gasteiger partial charge in [-0.05, 0) is 30.5 Å². The molecule has 94 valence electrons. The van der Waals surface area contributed by atoms with Crippen LogP contribution in [0.4, 0.5) is 11.4 Å². The summed E-state index contributed by atoms with van der Waals surface area (Å²) in [6, 6.07) is 11.9. The number of hydrogen-bond acceptors (Lipinski definition) is 3. The van der Waals surface area contributed by atoms with Crippen LogP contribution in [0.25, 0.3) is 10.8 Å². The highest BCUT2D eigenvalue weighted by Crippen LogP contribution is 2.35. The van der Waals surface area contributed by atoms with Gasteiger partial charge in [-0.25, -0.2) is 9.79 Å². The minimum absolute atomic E-state index is 0.248. The summed E-state index contributed by atoms with van der Waals surface area (Å²) in [5.41, 5.74) is 2.06.